The number of carbonyl (C=O) groups excluding carboxylic acids is 1. The molecule has 0 radical (unpaired) electrons. The first-order valence-electron chi connectivity index (χ1n) is 13.3. The highest BCUT2D eigenvalue weighted by Crippen LogP contribution is 2.50. The summed E-state index contributed by atoms with van der Waals surface area (Å²) in [5, 5.41) is 10.4. The van der Waals surface area contributed by atoms with E-state index in [1.165, 1.54) is 49.7 Å². The Labute approximate surface area is 251 Å². The number of halogens is 7. The highest BCUT2D eigenvalue weighted by molar-refractivity contribution is 5.94. The van der Waals surface area contributed by atoms with Crippen LogP contribution in [0.25, 0.3) is 0 Å². The number of nitrogens with zero attached hydrogens (tertiary/aromatic N) is 3. The summed E-state index contributed by atoms with van der Waals surface area (Å²) in [4.78, 5) is 12.8. The van der Waals surface area contributed by atoms with Crippen LogP contribution in [0.3, 0.4) is 0 Å². The molecule has 5 rings (SSSR count). The average molecular weight is 636 g/mol. The molecule has 2 atom stereocenters. The van der Waals surface area contributed by atoms with Crippen LogP contribution >= 0.6 is 0 Å². The van der Waals surface area contributed by atoms with E-state index in [4.69, 9.17) is 9.47 Å². The van der Waals surface area contributed by atoms with Crippen LogP contribution in [0.4, 0.5) is 36.6 Å². The maximum Gasteiger partial charge on any atom is 0.455 e. The summed E-state index contributed by atoms with van der Waals surface area (Å²) in [6, 6.07) is 12.4. The SMILES string of the molecule is COc1ccc(C=NNC(=O)c2cc3n(n2)C(C(F)(F)C(F)(F)F)CC(c2ccc(F)cc2)N3)cc1COc1ccc(F)cc1. The van der Waals surface area contributed by atoms with Gasteiger partial charge in [0.15, 0.2) is 5.69 Å². The molecule has 0 spiro atoms. The second kappa shape index (κ2) is 12.5. The minimum absolute atomic E-state index is 0.0543. The van der Waals surface area contributed by atoms with Gasteiger partial charge < -0.3 is 14.8 Å². The fourth-order valence-corrected chi connectivity index (χ4v) is 4.72. The number of aromatic nitrogens is 2. The number of ether oxygens (including phenoxy) is 2. The Balaban J connectivity index is 1.33. The van der Waals surface area contributed by atoms with Gasteiger partial charge in [-0.05, 0) is 65.7 Å². The van der Waals surface area contributed by atoms with Crippen LogP contribution < -0.4 is 20.2 Å². The Bertz CT molecular complexity index is 1690. The van der Waals surface area contributed by atoms with Crippen LogP contribution in [-0.4, -0.2) is 41.1 Å². The number of hydrazone groups is 1. The first-order chi connectivity index (χ1) is 21.4. The average Bonchev–Trinajstić information content (AvgIpc) is 3.44. The highest BCUT2D eigenvalue weighted by atomic mass is 19.4. The number of methoxy groups -OCH3 is 1. The molecule has 0 fully saturated rings. The molecule has 2 unspecified atom stereocenters. The van der Waals surface area contributed by atoms with Gasteiger partial charge in [-0.2, -0.15) is 32.2 Å². The molecule has 45 heavy (non-hydrogen) atoms. The van der Waals surface area contributed by atoms with Crippen molar-refractivity contribution in [3.8, 4) is 11.5 Å². The smallest absolute Gasteiger partial charge is 0.455 e. The summed E-state index contributed by atoms with van der Waals surface area (Å²) in [5.74, 6) is -6.57. The van der Waals surface area contributed by atoms with Crippen molar-refractivity contribution in [3.63, 3.8) is 0 Å². The summed E-state index contributed by atoms with van der Waals surface area (Å²) in [6.45, 7) is 0.0543. The molecule has 8 nitrogen and oxygen atoms in total. The molecular weight excluding hydrogens is 611 g/mol. The quantitative estimate of drug-likeness (QED) is 0.120. The van der Waals surface area contributed by atoms with Crippen LogP contribution in [-0.2, 0) is 6.61 Å². The monoisotopic (exact) mass is 635 g/mol. The third-order valence-corrected chi connectivity index (χ3v) is 7.01. The molecule has 2 N–H and O–H groups in total. The number of hydrogen-bond acceptors (Lipinski definition) is 6. The van der Waals surface area contributed by atoms with Gasteiger partial charge in [0.05, 0.1) is 19.4 Å². The summed E-state index contributed by atoms with van der Waals surface area (Å²) in [6.07, 6.45) is -5.39. The predicted octanol–water partition coefficient (Wildman–Crippen LogP) is 6.81. The highest BCUT2D eigenvalue weighted by Gasteiger charge is 2.64. The number of hydrogen-bond donors (Lipinski definition) is 2. The van der Waals surface area contributed by atoms with Crippen LogP contribution in [0, 0.1) is 11.6 Å². The van der Waals surface area contributed by atoms with Crippen LogP contribution in [0.5, 0.6) is 11.5 Å². The van der Waals surface area contributed by atoms with E-state index in [1.807, 2.05) is 0 Å². The lowest BCUT2D eigenvalue weighted by Gasteiger charge is -2.37. The van der Waals surface area contributed by atoms with Crippen molar-refractivity contribution in [2.24, 2.45) is 5.10 Å². The second-order valence-corrected chi connectivity index (χ2v) is 9.99. The number of carbonyl (C=O) groups is 1. The lowest BCUT2D eigenvalue weighted by Crippen LogP contribution is -2.47. The molecular formula is C30H24F7N5O3. The Kier molecular flexibility index (Phi) is 8.71. The molecule has 0 bridgehead atoms. The standard InChI is InChI=1S/C30H24F7N5O3/c1-44-25-11-2-17(12-19(25)16-45-22-9-7-21(32)8-10-22)15-38-40-28(43)24-14-27-39-23(18-3-5-20(31)6-4-18)13-26(42(27)41-24)29(33,34)30(35,36)37/h2-12,14-15,23,26,39H,13,16H2,1H3,(H,40,43). The van der Waals surface area contributed by atoms with Gasteiger partial charge in [0.1, 0.15) is 41.6 Å². The number of anilines is 1. The van der Waals surface area contributed by atoms with Crippen molar-refractivity contribution >= 4 is 17.9 Å². The fraction of sp³-hybridized carbons (Fsp3) is 0.233. The number of rotatable bonds is 9. The third-order valence-electron chi connectivity index (χ3n) is 7.01. The van der Waals surface area contributed by atoms with Crippen LogP contribution in [0.15, 0.2) is 77.9 Å². The molecule has 3 aromatic carbocycles. The molecule has 2 heterocycles. The zero-order chi connectivity index (χ0) is 32.4. The fourth-order valence-electron chi connectivity index (χ4n) is 4.72. The van der Waals surface area contributed by atoms with E-state index in [-0.39, 0.29) is 18.0 Å². The minimum Gasteiger partial charge on any atom is -0.496 e. The summed E-state index contributed by atoms with van der Waals surface area (Å²) in [7, 11) is 1.46. The van der Waals surface area contributed by atoms with Gasteiger partial charge in [0.25, 0.3) is 5.91 Å². The van der Waals surface area contributed by atoms with Crippen LogP contribution in [0.2, 0.25) is 0 Å². The van der Waals surface area contributed by atoms with E-state index in [0.717, 1.165) is 18.2 Å². The maximum atomic E-state index is 14.7. The molecule has 4 aromatic rings. The van der Waals surface area contributed by atoms with E-state index < -0.39 is 53.8 Å². The van der Waals surface area contributed by atoms with E-state index in [9.17, 15) is 35.5 Å². The Morgan fingerprint density at radius 3 is 2.33 bits per heavy atom. The number of alkyl halides is 5. The van der Waals surface area contributed by atoms with Gasteiger partial charge >= 0.3 is 12.1 Å². The number of amides is 1. The topological polar surface area (TPSA) is 89.8 Å². The lowest BCUT2D eigenvalue weighted by molar-refractivity contribution is -0.301. The zero-order valence-corrected chi connectivity index (χ0v) is 23.3. The van der Waals surface area contributed by atoms with Gasteiger partial charge in [0.2, 0.25) is 0 Å². The number of nitrogens with one attached hydrogen (secondary N) is 2. The Morgan fingerprint density at radius 1 is 1.02 bits per heavy atom. The second-order valence-electron chi connectivity index (χ2n) is 9.99. The van der Waals surface area contributed by atoms with Gasteiger partial charge in [-0.3, -0.25) is 4.79 Å². The largest absolute Gasteiger partial charge is 0.496 e. The van der Waals surface area contributed by atoms with Crippen molar-refractivity contribution < 1.29 is 45.0 Å². The van der Waals surface area contributed by atoms with Crippen molar-refractivity contribution in [2.45, 2.75) is 37.2 Å². The van der Waals surface area contributed by atoms with Gasteiger partial charge in [-0.25, -0.2) is 18.9 Å². The van der Waals surface area contributed by atoms with Crippen molar-refractivity contribution in [2.75, 3.05) is 12.4 Å². The van der Waals surface area contributed by atoms with Gasteiger partial charge in [0, 0.05) is 18.1 Å². The normalized spacial score (nSPS) is 16.6. The molecule has 1 aliphatic heterocycles. The lowest BCUT2D eigenvalue weighted by atomic mass is 9.93. The van der Waals surface area contributed by atoms with Gasteiger partial charge in [-0.15, -0.1) is 0 Å². The summed E-state index contributed by atoms with van der Waals surface area (Å²) >= 11 is 0. The molecule has 0 saturated heterocycles. The molecule has 236 valence electrons. The number of fused-ring (bicyclic) bond motifs is 1. The molecule has 15 heteroatoms. The number of benzene rings is 3. The molecule has 1 aromatic heterocycles. The van der Waals surface area contributed by atoms with E-state index >= 15 is 0 Å². The summed E-state index contributed by atoms with van der Waals surface area (Å²) < 4.78 is 108. The first-order valence-corrected chi connectivity index (χ1v) is 13.3. The summed E-state index contributed by atoms with van der Waals surface area (Å²) in [5.41, 5.74) is 3.06. The molecule has 1 aliphatic rings. The van der Waals surface area contributed by atoms with Gasteiger partial charge in [-0.1, -0.05) is 12.1 Å². The first kappa shape index (κ1) is 31.3. The van der Waals surface area contributed by atoms with Crippen molar-refractivity contribution in [1.82, 2.24) is 15.2 Å². The Hall–Kier alpha value is -5.08. The maximum absolute atomic E-state index is 14.7. The minimum atomic E-state index is -5.90. The zero-order valence-electron chi connectivity index (χ0n) is 23.3. The predicted molar refractivity (Wildman–Crippen MR) is 148 cm³/mol. The Morgan fingerprint density at radius 2 is 1.69 bits per heavy atom. The molecule has 0 saturated carbocycles. The van der Waals surface area contributed by atoms with Crippen molar-refractivity contribution in [3.05, 3.63) is 107 Å². The molecule has 1 amide bonds. The van der Waals surface area contributed by atoms with Crippen LogP contribution in [0.1, 0.15) is 45.7 Å². The third kappa shape index (κ3) is 6.86. The molecule has 0 aliphatic carbocycles. The van der Waals surface area contributed by atoms with E-state index in [1.54, 1.807) is 18.2 Å². The van der Waals surface area contributed by atoms with Crippen molar-refractivity contribution in [1.29, 1.82) is 0 Å². The van der Waals surface area contributed by atoms with E-state index in [2.05, 4.69) is 20.9 Å². The van der Waals surface area contributed by atoms with E-state index in [0.29, 0.717) is 27.3 Å².